The van der Waals surface area contributed by atoms with Crippen molar-refractivity contribution in [2.45, 2.75) is 12.8 Å². The number of amides is 1. The molecule has 0 aromatic heterocycles. The lowest BCUT2D eigenvalue weighted by atomic mass is 10.2. The Bertz CT molecular complexity index is 310. The van der Waals surface area contributed by atoms with Crippen LogP contribution >= 0.6 is 0 Å². The monoisotopic (exact) mass is 344 g/mol. The van der Waals surface area contributed by atoms with Crippen molar-refractivity contribution < 1.29 is 23.7 Å². The van der Waals surface area contributed by atoms with Crippen LogP contribution in [-0.2, 0) is 23.7 Å². The molecule has 1 saturated heterocycles. The van der Waals surface area contributed by atoms with Gasteiger partial charge in [-0.25, -0.2) is 0 Å². The number of allylic oxidation sites excluding steroid dienone is 1. The van der Waals surface area contributed by atoms with Crippen LogP contribution in [-0.4, -0.2) is 89.8 Å². The van der Waals surface area contributed by atoms with E-state index in [1.165, 1.54) is 0 Å². The quantitative estimate of drug-likeness (QED) is 0.750. The van der Waals surface area contributed by atoms with Gasteiger partial charge in [0.2, 0.25) is 5.91 Å². The van der Waals surface area contributed by atoms with Crippen LogP contribution in [0.3, 0.4) is 0 Å². The molecule has 0 saturated carbocycles. The number of nitrogens with one attached hydrogen (secondary N) is 1. The first kappa shape index (κ1) is 21.1. The van der Waals surface area contributed by atoms with E-state index < -0.39 is 0 Å². The number of nitrogens with zero attached hydrogens (tertiary/aromatic N) is 1. The molecule has 1 rings (SSSR count). The zero-order valence-corrected chi connectivity index (χ0v) is 14.7. The fraction of sp³-hybridized carbons (Fsp3) is 0.824. The van der Waals surface area contributed by atoms with Crippen molar-refractivity contribution in [3.05, 3.63) is 12.7 Å². The summed E-state index contributed by atoms with van der Waals surface area (Å²) in [5, 5.41) is 3.24. The summed E-state index contributed by atoms with van der Waals surface area (Å²) in [4.78, 5) is 14.0. The maximum atomic E-state index is 12.2. The number of hydrogen-bond donors (Lipinski definition) is 1. The first-order valence-corrected chi connectivity index (χ1v) is 8.75. The molecule has 1 aliphatic rings. The summed E-state index contributed by atoms with van der Waals surface area (Å²) in [6.07, 6.45) is 2.92. The van der Waals surface area contributed by atoms with Crippen LogP contribution in [0.2, 0.25) is 0 Å². The smallest absolute Gasteiger partial charge is 0.223 e. The largest absolute Gasteiger partial charge is 0.378 e. The highest BCUT2D eigenvalue weighted by atomic mass is 16.5. The van der Waals surface area contributed by atoms with Crippen molar-refractivity contribution in [1.29, 1.82) is 0 Å². The van der Waals surface area contributed by atoms with Crippen LogP contribution in [0.25, 0.3) is 0 Å². The molecule has 7 nitrogen and oxygen atoms in total. The molecular weight excluding hydrogens is 312 g/mol. The van der Waals surface area contributed by atoms with Gasteiger partial charge in [-0.1, -0.05) is 6.08 Å². The van der Waals surface area contributed by atoms with Crippen LogP contribution in [0.1, 0.15) is 12.8 Å². The minimum absolute atomic E-state index is 0.107. The van der Waals surface area contributed by atoms with Crippen molar-refractivity contribution in [3.63, 3.8) is 0 Å². The standard InChI is InChI=1S/C17H32N2O5/c1-2-3-4-17(20)19-7-11-23-15-13-21-9-5-18-6-10-22-14-16-24-12-8-19/h2,18H,1,3-16H2. The third kappa shape index (κ3) is 11.5. The molecule has 0 spiro atoms. The van der Waals surface area contributed by atoms with Gasteiger partial charge in [-0.15, -0.1) is 6.58 Å². The fourth-order valence-corrected chi connectivity index (χ4v) is 2.15. The molecule has 1 aliphatic heterocycles. The topological polar surface area (TPSA) is 69.3 Å². The SMILES string of the molecule is C=CCCC(=O)N1CCOCCOCCNCCOCCOCC1. The average Bonchev–Trinajstić information content (AvgIpc) is 2.59. The Morgan fingerprint density at radius 1 is 0.875 bits per heavy atom. The van der Waals surface area contributed by atoms with Gasteiger partial charge in [-0.2, -0.15) is 0 Å². The lowest BCUT2D eigenvalue weighted by Gasteiger charge is -2.22. The molecular formula is C17H32N2O5. The van der Waals surface area contributed by atoms with Gasteiger partial charge in [0, 0.05) is 32.6 Å². The highest BCUT2D eigenvalue weighted by molar-refractivity contribution is 5.76. The Balaban J connectivity index is 2.33. The van der Waals surface area contributed by atoms with Gasteiger partial charge in [0.25, 0.3) is 0 Å². The van der Waals surface area contributed by atoms with Gasteiger partial charge in [0.15, 0.2) is 0 Å². The van der Waals surface area contributed by atoms with E-state index in [0.29, 0.717) is 78.8 Å². The second-order valence-electron chi connectivity index (χ2n) is 5.41. The molecule has 0 aliphatic carbocycles. The summed E-state index contributed by atoms with van der Waals surface area (Å²) in [6.45, 7) is 10.9. The zero-order chi connectivity index (χ0) is 17.3. The summed E-state index contributed by atoms with van der Waals surface area (Å²) in [7, 11) is 0. The molecule has 140 valence electrons. The number of carbonyl (C=O) groups is 1. The van der Waals surface area contributed by atoms with Crippen LogP contribution in [0.4, 0.5) is 0 Å². The average molecular weight is 344 g/mol. The lowest BCUT2D eigenvalue weighted by molar-refractivity contribution is -0.132. The third-order valence-corrected chi connectivity index (χ3v) is 3.52. The number of carbonyl (C=O) groups excluding carboxylic acids is 1. The minimum Gasteiger partial charge on any atom is -0.378 e. The Hall–Kier alpha value is -0.990. The fourth-order valence-electron chi connectivity index (χ4n) is 2.15. The van der Waals surface area contributed by atoms with E-state index >= 15 is 0 Å². The van der Waals surface area contributed by atoms with E-state index in [4.69, 9.17) is 18.9 Å². The van der Waals surface area contributed by atoms with E-state index in [9.17, 15) is 4.79 Å². The summed E-state index contributed by atoms with van der Waals surface area (Å²) >= 11 is 0. The predicted octanol–water partition coefficient (Wildman–Crippen LogP) is 0.451. The summed E-state index contributed by atoms with van der Waals surface area (Å²) < 4.78 is 22.0. The predicted molar refractivity (Wildman–Crippen MR) is 92.2 cm³/mol. The summed E-state index contributed by atoms with van der Waals surface area (Å²) in [5.41, 5.74) is 0. The molecule has 1 heterocycles. The highest BCUT2D eigenvalue weighted by Gasteiger charge is 2.12. The Morgan fingerprint density at radius 2 is 1.38 bits per heavy atom. The van der Waals surface area contributed by atoms with Gasteiger partial charge < -0.3 is 29.2 Å². The maximum absolute atomic E-state index is 12.2. The van der Waals surface area contributed by atoms with E-state index in [2.05, 4.69) is 11.9 Å². The van der Waals surface area contributed by atoms with E-state index in [0.717, 1.165) is 13.1 Å². The lowest BCUT2D eigenvalue weighted by Crippen LogP contribution is -2.37. The van der Waals surface area contributed by atoms with E-state index in [1.54, 1.807) is 11.0 Å². The molecule has 0 bridgehead atoms. The summed E-state index contributed by atoms with van der Waals surface area (Å²) in [6, 6.07) is 0. The van der Waals surface area contributed by atoms with Crippen LogP contribution < -0.4 is 5.32 Å². The molecule has 1 fully saturated rings. The molecule has 0 unspecified atom stereocenters. The maximum Gasteiger partial charge on any atom is 0.223 e. The molecule has 1 amide bonds. The minimum atomic E-state index is 0.107. The van der Waals surface area contributed by atoms with Gasteiger partial charge in [0.05, 0.1) is 52.9 Å². The van der Waals surface area contributed by atoms with E-state index in [1.807, 2.05) is 0 Å². The molecule has 0 aromatic rings. The first-order valence-electron chi connectivity index (χ1n) is 8.75. The van der Waals surface area contributed by atoms with Crippen LogP contribution in [0, 0.1) is 0 Å². The van der Waals surface area contributed by atoms with Crippen molar-refractivity contribution in [1.82, 2.24) is 10.2 Å². The van der Waals surface area contributed by atoms with Crippen LogP contribution in [0.5, 0.6) is 0 Å². The van der Waals surface area contributed by atoms with Crippen LogP contribution in [0.15, 0.2) is 12.7 Å². The van der Waals surface area contributed by atoms with Crippen molar-refractivity contribution in [3.8, 4) is 0 Å². The van der Waals surface area contributed by atoms with Crippen molar-refractivity contribution in [2.75, 3.05) is 79.0 Å². The Kier molecular flexibility index (Phi) is 13.6. The first-order chi connectivity index (χ1) is 11.8. The second-order valence-corrected chi connectivity index (χ2v) is 5.41. The molecule has 7 heteroatoms. The Labute approximate surface area is 145 Å². The van der Waals surface area contributed by atoms with Crippen molar-refractivity contribution >= 4 is 5.91 Å². The molecule has 0 aromatic carbocycles. The molecule has 0 atom stereocenters. The van der Waals surface area contributed by atoms with Gasteiger partial charge >= 0.3 is 0 Å². The number of rotatable bonds is 3. The third-order valence-electron chi connectivity index (χ3n) is 3.52. The van der Waals surface area contributed by atoms with Gasteiger partial charge in [-0.05, 0) is 6.42 Å². The van der Waals surface area contributed by atoms with E-state index in [-0.39, 0.29) is 5.91 Å². The molecule has 1 N–H and O–H groups in total. The summed E-state index contributed by atoms with van der Waals surface area (Å²) in [5.74, 6) is 0.107. The van der Waals surface area contributed by atoms with Crippen molar-refractivity contribution in [2.24, 2.45) is 0 Å². The number of hydrogen-bond acceptors (Lipinski definition) is 6. The Morgan fingerprint density at radius 3 is 1.88 bits per heavy atom. The highest BCUT2D eigenvalue weighted by Crippen LogP contribution is 1.99. The molecule has 24 heavy (non-hydrogen) atoms. The van der Waals surface area contributed by atoms with Gasteiger partial charge in [-0.3, -0.25) is 4.79 Å². The van der Waals surface area contributed by atoms with Gasteiger partial charge in [0.1, 0.15) is 0 Å². The molecule has 0 radical (unpaired) electrons. The normalized spacial score (nSPS) is 20.8. The number of ether oxygens (including phenoxy) is 4. The zero-order valence-electron chi connectivity index (χ0n) is 14.7. The second kappa shape index (κ2) is 15.5.